The highest BCUT2D eigenvalue weighted by Crippen LogP contribution is 2.35. The maximum absolute atomic E-state index is 11.9. The van der Waals surface area contributed by atoms with Crippen LogP contribution in [0.25, 0.3) is 0 Å². The van der Waals surface area contributed by atoms with Gasteiger partial charge in [0, 0.05) is 26.1 Å². The number of methoxy groups -OCH3 is 1. The average Bonchev–Trinajstić information content (AvgIpc) is 2.27. The van der Waals surface area contributed by atoms with Crippen LogP contribution >= 0.6 is 0 Å². The third-order valence-corrected chi connectivity index (χ3v) is 3.29. The lowest BCUT2D eigenvalue weighted by atomic mass is 9.74. The minimum Gasteiger partial charge on any atom is -0.450 e. The van der Waals surface area contributed by atoms with Gasteiger partial charge in [0.2, 0.25) is 0 Å². The Kier molecular flexibility index (Phi) is 8.86. The molecule has 0 atom stereocenters. The van der Waals surface area contributed by atoms with E-state index >= 15 is 0 Å². The summed E-state index contributed by atoms with van der Waals surface area (Å²) in [5.74, 6) is 1.14. The molecule has 0 aliphatic rings. The second kappa shape index (κ2) is 9.22. The summed E-state index contributed by atoms with van der Waals surface area (Å²) in [5, 5.41) is 0. The van der Waals surface area contributed by atoms with Crippen LogP contribution in [0.1, 0.15) is 47.5 Å². The molecule has 120 valence electrons. The molecule has 0 aromatic rings. The minimum absolute atomic E-state index is 0.00139. The van der Waals surface area contributed by atoms with Gasteiger partial charge in [0.25, 0.3) is 0 Å². The monoisotopic (exact) mass is 287 g/mol. The molecule has 4 heteroatoms. The largest absolute Gasteiger partial charge is 0.450 e. The van der Waals surface area contributed by atoms with Crippen LogP contribution < -0.4 is 0 Å². The van der Waals surface area contributed by atoms with E-state index < -0.39 is 0 Å². The van der Waals surface area contributed by atoms with Gasteiger partial charge in [0.1, 0.15) is 0 Å². The molecule has 20 heavy (non-hydrogen) atoms. The van der Waals surface area contributed by atoms with Crippen molar-refractivity contribution in [2.24, 2.45) is 17.3 Å². The van der Waals surface area contributed by atoms with Crippen molar-refractivity contribution < 1.29 is 14.3 Å². The van der Waals surface area contributed by atoms with E-state index in [4.69, 9.17) is 9.47 Å². The van der Waals surface area contributed by atoms with Crippen LogP contribution in [0.2, 0.25) is 0 Å². The van der Waals surface area contributed by atoms with E-state index in [1.54, 1.807) is 12.0 Å². The van der Waals surface area contributed by atoms with Crippen molar-refractivity contribution in [3.63, 3.8) is 0 Å². The Hall–Kier alpha value is -0.770. The van der Waals surface area contributed by atoms with Crippen LogP contribution in [0.4, 0.5) is 4.79 Å². The van der Waals surface area contributed by atoms with Crippen molar-refractivity contribution in [1.29, 1.82) is 0 Å². The molecule has 0 bridgehead atoms. The number of ether oxygens (including phenoxy) is 2. The normalized spacial score (nSPS) is 12.1. The van der Waals surface area contributed by atoms with Crippen molar-refractivity contribution in [3.8, 4) is 0 Å². The van der Waals surface area contributed by atoms with E-state index in [2.05, 4.69) is 27.7 Å². The quantitative estimate of drug-likeness (QED) is 0.647. The Morgan fingerprint density at radius 1 is 1.15 bits per heavy atom. The predicted molar refractivity (Wildman–Crippen MR) is 82.9 cm³/mol. The molecular weight excluding hydrogens is 254 g/mol. The zero-order valence-electron chi connectivity index (χ0n) is 14.4. The maximum Gasteiger partial charge on any atom is 0.409 e. The summed E-state index contributed by atoms with van der Waals surface area (Å²) >= 11 is 0. The lowest BCUT2D eigenvalue weighted by Gasteiger charge is -2.39. The standard InChI is InChI=1S/C16H33NO3/c1-8-20-15(18)17(6)11-16(12-19-7,9-13(2)3)10-14(4)5/h13-14H,8-12H2,1-7H3. The number of carbonyl (C=O) groups is 1. The summed E-state index contributed by atoms with van der Waals surface area (Å²) in [7, 11) is 3.54. The Morgan fingerprint density at radius 3 is 2.00 bits per heavy atom. The Morgan fingerprint density at radius 2 is 1.65 bits per heavy atom. The van der Waals surface area contributed by atoms with Crippen LogP contribution in [0.5, 0.6) is 0 Å². The van der Waals surface area contributed by atoms with Crippen molar-refractivity contribution in [1.82, 2.24) is 4.90 Å². The fourth-order valence-electron chi connectivity index (χ4n) is 3.22. The van der Waals surface area contributed by atoms with Gasteiger partial charge < -0.3 is 14.4 Å². The molecule has 0 aliphatic heterocycles. The molecule has 0 saturated heterocycles. The van der Waals surface area contributed by atoms with Gasteiger partial charge in [-0.15, -0.1) is 0 Å². The van der Waals surface area contributed by atoms with Crippen LogP contribution in [-0.4, -0.2) is 44.9 Å². The lowest BCUT2D eigenvalue weighted by molar-refractivity contribution is 0.0176. The minimum atomic E-state index is -0.250. The van der Waals surface area contributed by atoms with Crippen molar-refractivity contribution in [2.75, 3.05) is 33.9 Å². The second-order valence-corrected chi connectivity index (χ2v) is 6.68. The summed E-state index contributed by atoms with van der Waals surface area (Å²) in [5.41, 5.74) is -0.00139. The topological polar surface area (TPSA) is 38.8 Å². The van der Waals surface area contributed by atoms with Crippen molar-refractivity contribution >= 4 is 6.09 Å². The molecule has 0 unspecified atom stereocenters. The van der Waals surface area contributed by atoms with Crippen LogP contribution in [0.15, 0.2) is 0 Å². The van der Waals surface area contributed by atoms with E-state index in [0.717, 1.165) is 12.8 Å². The first-order valence-electron chi connectivity index (χ1n) is 7.63. The number of carbonyl (C=O) groups excluding carboxylic acids is 1. The van der Waals surface area contributed by atoms with E-state index in [-0.39, 0.29) is 11.5 Å². The molecule has 0 aliphatic carbocycles. The van der Waals surface area contributed by atoms with E-state index in [1.165, 1.54) is 0 Å². The average molecular weight is 287 g/mol. The van der Waals surface area contributed by atoms with Gasteiger partial charge in [0.15, 0.2) is 0 Å². The fourth-order valence-corrected chi connectivity index (χ4v) is 3.22. The number of nitrogens with zero attached hydrogens (tertiary/aromatic N) is 1. The van der Waals surface area contributed by atoms with Gasteiger partial charge in [-0.1, -0.05) is 27.7 Å². The van der Waals surface area contributed by atoms with Crippen molar-refractivity contribution in [3.05, 3.63) is 0 Å². The van der Waals surface area contributed by atoms with Gasteiger partial charge in [-0.05, 0) is 31.6 Å². The highest BCUT2D eigenvalue weighted by molar-refractivity contribution is 5.67. The number of amides is 1. The molecule has 0 saturated carbocycles. The SMILES string of the molecule is CCOC(=O)N(C)CC(COC)(CC(C)C)CC(C)C. The molecule has 0 N–H and O–H groups in total. The maximum atomic E-state index is 11.9. The third kappa shape index (κ3) is 7.13. The molecule has 0 rings (SSSR count). The summed E-state index contributed by atoms with van der Waals surface area (Å²) in [4.78, 5) is 13.5. The zero-order valence-corrected chi connectivity index (χ0v) is 14.4. The zero-order chi connectivity index (χ0) is 15.8. The van der Waals surface area contributed by atoms with Gasteiger partial charge in [0.05, 0.1) is 13.2 Å². The summed E-state index contributed by atoms with van der Waals surface area (Å²) in [6, 6.07) is 0. The fraction of sp³-hybridized carbons (Fsp3) is 0.938. The molecule has 0 radical (unpaired) electrons. The van der Waals surface area contributed by atoms with Crippen molar-refractivity contribution in [2.45, 2.75) is 47.5 Å². The smallest absolute Gasteiger partial charge is 0.409 e. The highest BCUT2D eigenvalue weighted by atomic mass is 16.6. The number of rotatable bonds is 9. The molecule has 0 aromatic carbocycles. The highest BCUT2D eigenvalue weighted by Gasteiger charge is 2.34. The molecule has 0 heterocycles. The van der Waals surface area contributed by atoms with Crippen LogP contribution in [-0.2, 0) is 9.47 Å². The Balaban J connectivity index is 5.00. The molecule has 4 nitrogen and oxygen atoms in total. The number of hydrogen-bond donors (Lipinski definition) is 0. The van der Waals surface area contributed by atoms with Crippen LogP contribution in [0, 0.1) is 17.3 Å². The Labute approximate surface area is 124 Å². The first-order chi connectivity index (χ1) is 9.26. The molecular formula is C16H33NO3. The number of hydrogen-bond acceptors (Lipinski definition) is 3. The van der Waals surface area contributed by atoms with Gasteiger partial charge >= 0.3 is 6.09 Å². The summed E-state index contributed by atoms with van der Waals surface area (Å²) in [6.07, 6.45) is 1.84. The summed E-state index contributed by atoms with van der Waals surface area (Å²) in [6.45, 7) is 12.5. The summed E-state index contributed by atoms with van der Waals surface area (Å²) < 4.78 is 10.6. The predicted octanol–water partition coefficient (Wildman–Crippen LogP) is 3.80. The lowest BCUT2D eigenvalue weighted by Crippen LogP contribution is -2.43. The molecule has 1 amide bonds. The van der Waals surface area contributed by atoms with Gasteiger partial charge in [-0.2, -0.15) is 0 Å². The first kappa shape index (κ1) is 19.2. The molecule has 0 aromatic heterocycles. The van der Waals surface area contributed by atoms with Crippen LogP contribution in [0.3, 0.4) is 0 Å². The van der Waals surface area contributed by atoms with E-state index in [0.29, 0.717) is 31.6 Å². The first-order valence-corrected chi connectivity index (χ1v) is 7.63. The van der Waals surface area contributed by atoms with E-state index in [9.17, 15) is 4.79 Å². The van der Waals surface area contributed by atoms with Gasteiger partial charge in [-0.3, -0.25) is 0 Å². The molecule has 0 fully saturated rings. The van der Waals surface area contributed by atoms with E-state index in [1.807, 2.05) is 14.0 Å². The second-order valence-electron chi connectivity index (χ2n) is 6.68. The Bertz CT molecular complexity index is 267. The molecule has 0 spiro atoms. The third-order valence-electron chi connectivity index (χ3n) is 3.29. The van der Waals surface area contributed by atoms with Gasteiger partial charge in [-0.25, -0.2) is 4.79 Å².